The van der Waals surface area contributed by atoms with Gasteiger partial charge < -0.3 is 9.84 Å². The molecular weight excluding hydrogens is 236 g/mol. The van der Waals surface area contributed by atoms with Crippen molar-refractivity contribution in [3.8, 4) is 16.9 Å². The number of nitrogens with zero attached hydrogens (tertiary/aromatic N) is 1. The first kappa shape index (κ1) is 11.8. The second-order valence-electron chi connectivity index (χ2n) is 3.48. The zero-order valence-electron chi connectivity index (χ0n) is 9.51. The van der Waals surface area contributed by atoms with Crippen molar-refractivity contribution in [3.63, 3.8) is 0 Å². The van der Waals surface area contributed by atoms with Crippen LogP contribution in [0.5, 0.6) is 5.75 Å². The molecule has 1 heterocycles. The van der Waals surface area contributed by atoms with E-state index in [0.29, 0.717) is 5.56 Å². The Labute approximate surface area is 102 Å². The third-order valence-electron chi connectivity index (χ3n) is 2.40. The highest BCUT2D eigenvalue weighted by Crippen LogP contribution is 2.27. The van der Waals surface area contributed by atoms with E-state index in [1.165, 1.54) is 0 Å². The molecule has 0 aliphatic heterocycles. The first-order chi connectivity index (χ1) is 8.65. The molecule has 0 fully saturated rings. The van der Waals surface area contributed by atoms with Gasteiger partial charge in [0.05, 0.1) is 12.7 Å². The minimum atomic E-state index is -0.819. The first-order valence-corrected chi connectivity index (χ1v) is 5.10. The first-order valence-electron chi connectivity index (χ1n) is 5.10. The number of ether oxygens (including phenoxy) is 1. The van der Waals surface area contributed by atoms with Gasteiger partial charge in [-0.25, -0.2) is 9.89 Å². The maximum atomic E-state index is 11.7. The quantitative estimate of drug-likeness (QED) is 0.769. The minimum absolute atomic E-state index is 0.00833. The Balaban J connectivity index is 2.68. The van der Waals surface area contributed by atoms with Crippen LogP contribution in [0.3, 0.4) is 0 Å². The molecule has 1 aromatic carbocycles. The van der Waals surface area contributed by atoms with E-state index in [-0.39, 0.29) is 11.3 Å². The van der Waals surface area contributed by atoms with Gasteiger partial charge in [0.15, 0.2) is 5.75 Å². The summed E-state index contributed by atoms with van der Waals surface area (Å²) in [5.41, 5.74) is -0.419. The van der Waals surface area contributed by atoms with Gasteiger partial charge in [-0.15, -0.1) is 0 Å². The number of carbonyl (C=O) groups is 1. The van der Waals surface area contributed by atoms with Gasteiger partial charge in [-0.2, -0.15) is 5.10 Å². The third kappa shape index (κ3) is 1.95. The van der Waals surface area contributed by atoms with E-state index in [2.05, 4.69) is 14.9 Å². The fourth-order valence-electron chi connectivity index (χ4n) is 1.55. The van der Waals surface area contributed by atoms with Crippen LogP contribution in [-0.4, -0.2) is 28.4 Å². The highest BCUT2D eigenvalue weighted by Gasteiger charge is 2.20. The Hall–Kier alpha value is -2.63. The van der Waals surface area contributed by atoms with Gasteiger partial charge in [0.25, 0.3) is 5.56 Å². The molecule has 0 unspecified atom stereocenters. The van der Waals surface area contributed by atoms with E-state index in [4.69, 9.17) is 0 Å². The largest absolute Gasteiger partial charge is 0.505 e. The molecule has 2 rings (SSSR count). The maximum absolute atomic E-state index is 11.7. The van der Waals surface area contributed by atoms with E-state index >= 15 is 0 Å². The number of hydrogen-bond acceptors (Lipinski definition) is 5. The molecule has 92 valence electrons. The predicted molar refractivity (Wildman–Crippen MR) is 63.3 cm³/mol. The molecule has 0 atom stereocenters. The smallest absolute Gasteiger partial charge is 0.362 e. The Bertz CT molecular complexity index is 634. The Morgan fingerprint density at radius 1 is 1.33 bits per heavy atom. The monoisotopic (exact) mass is 246 g/mol. The fourth-order valence-corrected chi connectivity index (χ4v) is 1.55. The molecule has 0 aliphatic rings. The number of nitrogens with one attached hydrogen (secondary N) is 1. The molecular formula is C12H10N2O4. The van der Waals surface area contributed by atoms with Gasteiger partial charge in [0, 0.05) is 0 Å². The van der Waals surface area contributed by atoms with Crippen molar-refractivity contribution in [1.82, 2.24) is 10.2 Å². The second-order valence-corrected chi connectivity index (χ2v) is 3.48. The molecule has 0 saturated carbocycles. The van der Waals surface area contributed by atoms with Crippen molar-refractivity contribution in [3.05, 3.63) is 46.4 Å². The zero-order valence-corrected chi connectivity index (χ0v) is 9.51. The number of benzene rings is 1. The number of hydrogen-bond donors (Lipinski definition) is 2. The van der Waals surface area contributed by atoms with Gasteiger partial charge >= 0.3 is 5.97 Å². The number of aromatic nitrogens is 2. The van der Waals surface area contributed by atoms with Gasteiger partial charge in [0.1, 0.15) is 0 Å². The molecule has 6 nitrogen and oxygen atoms in total. The third-order valence-corrected chi connectivity index (χ3v) is 2.40. The van der Waals surface area contributed by atoms with E-state index < -0.39 is 17.3 Å². The van der Waals surface area contributed by atoms with Crippen molar-refractivity contribution >= 4 is 5.97 Å². The maximum Gasteiger partial charge on any atom is 0.362 e. The van der Waals surface area contributed by atoms with Crippen LogP contribution in [0.25, 0.3) is 11.1 Å². The standard InChI is InChI=1S/C12H10N2O4/c1-18-12(17)9-10(15)8(11(16)14-13-9)7-5-3-2-4-6-7/h2-6H,1H3,(H2,14,15,16). The number of aromatic amines is 1. The van der Waals surface area contributed by atoms with Gasteiger partial charge in [-0.05, 0) is 5.56 Å². The number of H-pyrrole nitrogens is 1. The van der Waals surface area contributed by atoms with Crippen molar-refractivity contribution in [2.24, 2.45) is 0 Å². The minimum Gasteiger partial charge on any atom is -0.505 e. The molecule has 0 radical (unpaired) electrons. The topological polar surface area (TPSA) is 92.3 Å². The van der Waals surface area contributed by atoms with E-state index in [1.54, 1.807) is 30.3 Å². The molecule has 2 aromatic rings. The summed E-state index contributed by atoms with van der Waals surface area (Å²) in [7, 11) is 1.16. The van der Waals surface area contributed by atoms with Gasteiger partial charge in [-0.3, -0.25) is 4.79 Å². The summed E-state index contributed by atoms with van der Waals surface area (Å²) in [6.07, 6.45) is 0. The number of carbonyl (C=O) groups excluding carboxylic acids is 1. The van der Waals surface area contributed by atoms with Crippen molar-refractivity contribution in [2.75, 3.05) is 7.11 Å². The zero-order chi connectivity index (χ0) is 13.1. The molecule has 1 aromatic heterocycles. The summed E-state index contributed by atoms with van der Waals surface area (Å²) in [6.45, 7) is 0. The van der Waals surface area contributed by atoms with Crippen LogP contribution in [0.4, 0.5) is 0 Å². The van der Waals surface area contributed by atoms with Gasteiger partial charge in [0.2, 0.25) is 5.69 Å². The predicted octanol–water partition coefficient (Wildman–Crippen LogP) is 0.929. The van der Waals surface area contributed by atoms with Crippen LogP contribution < -0.4 is 5.56 Å². The Kier molecular flexibility index (Phi) is 3.09. The van der Waals surface area contributed by atoms with Crippen LogP contribution >= 0.6 is 0 Å². The summed E-state index contributed by atoms with van der Waals surface area (Å²) >= 11 is 0. The van der Waals surface area contributed by atoms with Gasteiger partial charge in [-0.1, -0.05) is 30.3 Å². The SMILES string of the molecule is COC(=O)c1n[nH]c(=O)c(-c2ccccc2)c1O. The molecule has 18 heavy (non-hydrogen) atoms. The number of methoxy groups -OCH3 is 1. The lowest BCUT2D eigenvalue weighted by Gasteiger charge is -2.06. The molecule has 0 bridgehead atoms. The van der Waals surface area contributed by atoms with E-state index in [9.17, 15) is 14.7 Å². The normalized spacial score (nSPS) is 10.1. The molecule has 0 aliphatic carbocycles. The van der Waals surface area contributed by atoms with E-state index in [1.807, 2.05) is 0 Å². The number of esters is 1. The van der Waals surface area contributed by atoms with Crippen molar-refractivity contribution in [2.45, 2.75) is 0 Å². The van der Waals surface area contributed by atoms with Crippen LogP contribution in [0.15, 0.2) is 35.1 Å². The Morgan fingerprint density at radius 3 is 2.61 bits per heavy atom. The highest BCUT2D eigenvalue weighted by atomic mass is 16.5. The van der Waals surface area contributed by atoms with Crippen molar-refractivity contribution < 1.29 is 14.6 Å². The molecule has 0 spiro atoms. The summed E-state index contributed by atoms with van der Waals surface area (Å²) in [6, 6.07) is 8.49. The fraction of sp³-hybridized carbons (Fsp3) is 0.0833. The molecule has 2 N–H and O–H groups in total. The number of aromatic hydroxyl groups is 1. The second kappa shape index (κ2) is 4.70. The van der Waals surface area contributed by atoms with Crippen LogP contribution in [0.2, 0.25) is 0 Å². The highest BCUT2D eigenvalue weighted by molar-refractivity contribution is 5.92. The van der Waals surface area contributed by atoms with Crippen LogP contribution in [0.1, 0.15) is 10.5 Å². The molecule has 6 heteroatoms. The lowest BCUT2D eigenvalue weighted by molar-refractivity contribution is 0.0589. The molecule has 0 saturated heterocycles. The van der Waals surface area contributed by atoms with Crippen LogP contribution in [0, 0.1) is 0 Å². The summed E-state index contributed by atoms with van der Waals surface area (Å²) in [4.78, 5) is 23.0. The lowest BCUT2D eigenvalue weighted by Crippen LogP contribution is -2.16. The number of rotatable bonds is 2. The lowest BCUT2D eigenvalue weighted by atomic mass is 10.1. The summed E-state index contributed by atoms with van der Waals surface area (Å²) < 4.78 is 4.46. The molecule has 0 amide bonds. The average Bonchev–Trinajstić information content (AvgIpc) is 2.39. The Morgan fingerprint density at radius 2 is 2.00 bits per heavy atom. The van der Waals surface area contributed by atoms with Crippen molar-refractivity contribution in [1.29, 1.82) is 0 Å². The summed E-state index contributed by atoms with van der Waals surface area (Å²) in [5.74, 6) is -1.31. The van der Waals surface area contributed by atoms with Crippen LogP contribution in [-0.2, 0) is 4.74 Å². The van der Waals surface area contributed by atoms with E-state index in [0.717, 1.165) is 7.11 Å². The summed E-state index contributed by atoms with van der Waals surface area (Å²) in [5, 5.41) is 15.6. The average molecular weight is 246 g/mol.